The molecule has 2 aromatic heterocycles. The quantitative estimate of drug-likeness (QED) is 0.833. The Bertz CT molecular complexity index is 520. The van der Waals surface area contributed by atoms with Gasteiger partial charge in [-0.25, -0.2) is 0 Å². The predicted octanol–water partition coefficient (Wildman–Crippen LogP) is 1.82. The summed E-state index contributed by atoms with van der Waals surface area (Å²) in [6.45, 7) is 2.86. The fraction of sp³-hybridized carbons (Fsp3) is 0.333. The first-order valence-electron chi connectivity index (χ1n) is 6.63. The smallest absolute Gasteiger partial charge is 0.137 e. The number of pyridine rings is 2. The minimum Gasteiger partial charge on any atom is -0.492 e. The van der Waals surface area contributed by atoms with Crippen LogP contribution in [0.4, 0.5) is 0 Å². The first-order chi connectivity index (χ1) is 9.78. The highest BCUT2D eigenvalue weighted by molar-refractivity contribution is 5.23. The number of aromatic nitrogens is 2. The molecule has 0 amide bonds. The van der Waals surface area contributed by atoms with Crippen LogP contribution in [-0.2, 0) is 6.42 Å². The third kappa shape index (κ3) is 4.51. The Morgan fingerprint density at radius 2 is 1.75 bits per heavy atom. The van der Waals surface area contributed by atoms with Crippen LogP contribution in [0.25, 0.3) is 0 Å². The number of hydrogen-bond acceptors (Lipinski definition) is 5. The summed E-state index contributed by atoms with van der Waals surface area (Å²) in [7, 11) is 0. The van der Waals surface area contributed by atoms with E-state index in [0.29, 0.717) is 13.2 Å². The van der Waals surface area contributed by atoms with Gasteiger partial charge in [-0.3, -0.25) is 9.97 Å². The van der Waals surface area contributed by atoms with E-state index < -0.39 is 0 Å². The zero-order chi connectivity index (χ0) is 14.2. The van der Waals surface area contributed by atoms with E-state index in [1.165, 1.54) is 0 Å². The van der Waals surface area contributed by atoms with E-state index in [-0.39, 0.29) is 6.04 Å². The van der Waals surface area contributed by atoms with Gasteiger partial charge in [0.25, 0.3) is 0 Å². The summed E-state index contributed by atoms with van der Waals surface area (Å²) in [4.78, 5) is 8.04. The molecule has 5 heteroatoms. The van der Waals surface area contributed by atoms with Crippen LogP contribution >= 0.6 is 0 Å². The van der Waals surface area contributed by atoms with Crippen molar-refractivity contribution in [3.63, 3.8) is 0 Å². The molecule has 0 bridgehead atoms. The number of rotatable bonds is 7. The molecule has 1 atom stereocenters. The number of ether oxygens (including phenoxy) is 2. The minimum atomic E-state index is -0.201. The third-order valence-corrected chi connectivity index (χ3v) is 2.76. The van der Waals surface area contributed by atoms with Crippen LogP contribution in [0.2, 0.25) is 0 Å². The molecule has 106 valence electrons. The molecule has 2 rings (SSSR count). The maximum atomic E-state index is 5.95. The second-order valence-corrected chi connectivity index (χ2v) is 4.45. The highest BCUT2D eigenvalue weighted by Gasteiger charge is 2.05. The second kappa shape index (κ2) is 7.45. The van der Waals surface area contributed by atoms with Gasteiger partial charge in [-0.2, -0.15) is 0 Å². The van der Waals surface area contributed by atoms with Gasteiger partial charge in [0, 0.05) is 18.6 Å². The van der Waals surface area contributed by atoms with Gasteiger partial charge in [0.15, 0.2) is 0 Å². The standard InChI is InChI=1S/C15H19N3O2/c1-2-12-7-15(9-18-8-12)20-11-13(16)10-19-14-3-5-17-6-4-14/h3-9,13H,2,10-11,16H2,1H3/t13-/m0/s1. The first-order valence-corrected chi connectivity index (χ1v) is 6.63. The van der Waals surface area contributed by atoms with Crippen LogP contribution in [0.5, 0.6) is 11.5 Å². The molecule has 0 aliphatic heterocycles. The molecular formula is C15H19N3O2. The number of nitrogens with two attached hydrogens (primary N) is 1. The lowest BCUT2D eigenvalue weighted by atomic mass is 10.2. The van der Waals surface area contributed by atoms with Crippen molar-refractivity contribution in [1.29, 1.82) is 0 Å². The van der Waals surface area contributed by atoms with E-state index in [0.717, 1.165) is 23.5 Å². The summed E-state index contributed by atoms with van der Waals surface area (Å²) >= 11 is 0. The fourth-order valence-electron chi connectivity index (χ4n) is 1.63. The summed E-state index contributed by atoms with van der Waals surface area (Å²) in [6, 6.07) is 5.36. The summed E-state index contributed by atoms with van der Waals surface area (Å²) < 4.78 is 11.2. The van der Waals surface area contributed by atoms with Crippen molar-refractivity contribution in [1.82, 2.24) is 9.97 Å². The Kier molecular flexibility index (Phi) is 5.32. The lowest BCUT2D eigenvalue weighted by Gasteiger charge is -2.14. The molecule has 0 fully saturated rings. The fourth-order valence-corrected chi connectivity index (χ4v) is 1.63. The number of aryl methyl sites for hydroxylation is 1. The van der Waals surface area contributed by atoms with E-state index in [4.69, 9.17) is 15.2 Å². The Labute approximate surface area is 118 Å². The summed E-state index contributed by atoms with van der Waals surface area (Å²) in [6.07, 6.45) is 7.81. The van der Waals surface area contributed by atoms with Gasteiger partial charge in [0.1, 0.15) is 24.7 Å². The van der Waals surface area contributed by atoms with Crippen molar-refractivity contribution in [3.8, 4) is 11.5 Å². The SMILES string of the molecule is CCc1cncc(OC[C@@H](N)COc2ccncc2)c1. The highest BCUT2D eigenvalue weighted by Crippen LogP contribution is 2.12. The number of hydrogen-bond donors (Lipinski definition) is 1. The highest BCUT2D eigenvalue weighted by atomic mass is 16.5. The maximum Gasteiger partial charge on any atom is 0.137 e. The summed E-state index contributed by atoms with van der Waals surface area (Å²) in [5, 5.41) is 0. The zero-order valence-electron chi connectivity index (χ0n) is 11.5. The molecule has 0 spiro atoms. The largest absolute Gasteiger partial charge is 0.492 e. The van der Waals surface area contributed by atoms with E-state index >= 15 is 0 Å². The van der Waals surface area contributed by atoms with Crippen LogP contribution in [0.1, 0.15) is 12.5 Å². The first kappa shape index (κ1) is 14.3. The van der Waals surface area contributed by atoms with E-state index in [9.17, 15) is 0 Å². The van der Waals surface area contributed by atoms with Gasteiger partial charge in [0.2, 0.25) is 0 Å². The molecule has 20 heavy (non-hydrogen) atoms. The van der Waals surface area contributed by atoms with E-state index in [1.54, 1.807) is 30.7 Å². The van der Waals surface area contributed by atoms with E-state index in [1.807, 2.05) is 12.3 Å². The molecule has 0 aromatic carbocycles. The lowest BCUT2D eigenvalue weighted by molar-refractivity contribution is 0.220. The van der Waals surface area contributed by atoms with Crippen LogP contribution in [0.3, 0.4) is 0 Å². The Balaban J connectivity index is 1.75. The van der Waals surface area contributed by atoms with Gasteiger partial charge in [-0.1, -0.05) is 6.92 Å². The van der Waals surface area contributed by atoms with Gasteiger partial charge in [-0.05, 0) is 30.2 Å². The molecule has 0 unspecified atom stereocenters. The van der Waals surface area contributed by atoms with E-state index in [2.05, 4.69) is 16.9 Å². The molecule has 0 saturated heterocycles. The van der Waals surface area contributed by atoms with Crippen LogP contribution in [-0.4, -0.2) is 29.2 Å². The molecule has 5 nitrogen and oxygen atoms in total. The summed E-state index contributed by atoms with van der Waals surface area (Å²) in [5.41, 5.74) is 7.10. The third-order valence-electron chi connectivity index (χ3n) is 2.76. The monoisotopic (exact) mass is 273 g/mol. The zero-order valence-corrected chi connectivity index (χ0v) is 11.5. The molecule has 0 aliphatic carbocycles. The van der Waals surface area contributed by atoms with Gasteiger partial charge < -0.3 is 15.2 Å². The molecule has 0 radical (unpaired) electrons. The Morgan fingerprint density at radius 3 is 2.45 bits per heavy atom. The second-order valence-electron chi connectivity index (χ2n) is 4.45. The predicted molar refractivity (Wildman–Crippen MR) is 76.8 cm³/mol. The molecule has 0 aliphatic rings. The van der Waals surface area contributed by atoms with Crippen LogP contribution < -0.4 is 15.2 Å². The van der Waals surface area contributed by atoms with Crippen LogP contribution in [0.15, 0.2) is 43.0 Å². The van der Waals surface area contributed by atoms with Crippen molar-refractivity contribution < 1.29 is 9.47 Å². The molecule has 2 N–H and O–H groups in total. The van der Waals surface area contributed by atoms with Crippen molar-refractivity contribution in [2.24, 2.45) is 5.73 Å². The lowest BCUT2D eigenvalue weighted by Crippen LogP contribution is -2.34. The molecule has 0 saturated carbocycles. The average Bonchev–Trinajstić information content (AvgIpc) is 2.52. The molecule has 2 aromatic rings. The summed E-state index contributed by atoms with van der Waals surface area (Å²) in [5.74, 6) is 1.49. The van der Waals surface area contributed by atoms with Gasteiger partial charge >= 0.3 is 0 Å². The van der Waals surface area contributed by atoms with Crippen molar-refractivity contribution in [2.75, 3.05) is 13.2 Å². The maximum absolute atomic E-state index is 5.95. The number of nitrogens with zero attached hydrogens (tertiary/aromatic N) is 2. The Hall–Kier alpha value is -2.14. The normalized spacial score (nSPS) is 11.9. The molecule has 2 heterocycles. The Morgan fingerprint density at radius 1 is 1.05 bits per heavy atom. The van der Waals surface area contributed by atoms with Crippen molar-refractivity contribution >= 4 is 0 Å². The topological polar surface area (TPSA) is 70.3 Å². The van der Waals surface area contributed by atoms with Gasteiger partial charge in [-0.15, -0.1) is 0 Å². The van der Waals surface area contributed by atoms with Crippen molar-refractivity contribution in [3.05, 3.63) is 48.5 Å². The minimum absolute atomic E-state index is 0.201. The average molecular weight is 273 g/mol. The van der Waals surface area contributed by atoms with Crippen LogP contribution in [0, 0.1) is 0 Å². The van der Waals surface area contributed by atoms with Crippen molar-refractivity contribution in [2.45, 2.75) is 19.4 Å². The molecular weight excluding hydrogens is 254 g/mol. The van der Waals surface area contributed by atoms with Gasteiger partial charge in [0.05, 0.1) is 12.2 Å².